The summed E-state index contributed by atoms with van der Waals surface area (Å²) in [5.41, 5.74) is 9.67. The van der Waals surface area contributed by atoms with Crippen LogP contribution in [-0.4, -0.2) is 5.71 Å². The minimum Gasteiger partial charge on any atom is -0.300 e. The molecule has 2 aliphatic rings. The van der Waals surface area contributed by atoms with Crippen molar-refractivity contribution in [1.82, 2.24) is 0 Å². The number of halogens is 4. The van der Waals surface area contributed by atoms with Crippen LogP contribution in [0.1, 0.15) is 22.3 Å². The van der Waals surface area contributed by atoms with E-state index >= 15 is 8.78 Å². The molecule has 210 valence electrons. The molecule has 1 N–H and O–H groups in total. The van der Waals surface area contributed by atoms with Crippen LogP contribution in [0.2, 0.25) is 0 Å². The second-order valence-electron chi connectivity index (χ2n) is 11.0. The number of hydrogen-bond donors (Lipinski definition) is 1. The highest BCUT2D eigenvalue weighted by Crippen LogP contribution is 2.57. The largest absolute Gasteiger partial charge is 0.300 e. The van der Waals surface area contributed by atoms with Crippen LogP contribution < -0.4 is 0 Å². The standard InChI is InChI=1S/C39H21F4N/c40-27-13-9-23(10-14-27)21-1-5-25(6-2-21)33-36-29-17-19-31(42)38-32(43)20-18-30(35(29)38)37(36)34(39(33)44)26-7-3-22(4-8-26)24-11-15-28(41)16-12-24/h1-20,44H. The van der Waals surface area contributed by atoms with E-state index in [1.54, 1.807) is 36.4 Å². The molecular weight excluding hydrogens is 558 g/mol. The molecule has 6 aromatic rings. The molecule has 0 spiro atoms. The van der Waals surface area contributed by atoms with Crippen molar-refractivity contribution in [2.45, 2.75) is 0 Å². The molecule has 0 fully saturated rings. The van der Waals surface area contributed by atoms with Crippen molar-refractivity contribution in [2.75, 3.05) is 0 Å². The van der Waals surface area contributed by atoms with Crippen LogP contribution in [0.25, 0.3) is 55.3 Å². The maximum atomic E-state index is 15.0. The van der Waals surface area contributed by atoms with Crippen LogP contribution in [0.15, 0.2) is 121 Å². The highest BCUT2D eigenvalue weighted by atomic mass is 19.1. The van der Waals surface area contributed by atoms with E-state index in [1.165, 1.54) is 36.4 Å². The van der Waals surface area contributed by atoms with Crippen molar-refractivity contribution in [2.24, 2.45) is 0 Å². The van der Waals surface area contributed by atoms with Gasteiger partial charge in [-0.25, -0.2) is 17.6 Å². The molecule has 0 radical (unpaired) electrons. The van der Waals surface area contributed by atoms with E-state index in [0.29, 0.717) is 33.4 Å². The van der Waals surface area contributed by atoms with Crippen LogP contribution in [0.4, 0.5) is 17.6 Å². The Morgan fingerprint density at radius 3 is 1.00 bits per heavy atom. The molecule has 0 aromatic heterocycles. The molecule has 2 aliphatic carbocycles. The second kappa shape index (κ2) is 9.75. The maximum Gasteiger partial charge on any atom is 0.134 e. The van der Waals surface area contributed by atoms with Gasteiger partial charge in [0.2, 0.25) is 0 Å². The van der Waals surface area contributed by atoms with E-state index < -0.39 is 11.6 Å². The Morgan fingerprint density at radius 2 is 0.636 bits per heavy atom. The first-order chi connectivity index (χ1) is 21.4. The fourth-order valence-electron chi connectivity index (χ4n) is 6.51. The van der Waals surface area contributed by atoms with E-state index in [0.717, 1.165) is 44.5 Å². The molecule has 8 rings (SSSR count). The summed E-state index contributed by atoms with van der Waals surface area (Å²) in [6.45, 7) is 0. The predicted molar refractivity (Wildman–Crippen MR) is 169 cm³/mol. The SMILES string of the molecule is N=C1C(c2ccc(-c3ccc(F)cc3)cc2)=C2C(=C1c1ccc(-c3ccc(F)cc3)cc1)c1ccc(F)c3c(F)ccc2c13. The lowest BCUT2D eigenvalue weighted by atomic mass is 9.91. The van der Waals surface area contributed by atoms with Crippen molar-refractivity contribution in [3.8, 4) is 22.3 Å². The quantitative estimate of drug-likeness (QED) is 0.201. The van der Waals surface area contributed by atoms with Crippen molar-refractivity contribution in [3.05, 3.63) is 167 Å². The van der Waals surface area contributed by atoms with Gasteiger partial charge >= 0.3 is 0 Å². The summed E-state index contributed by atoms with van der Waals surface area (Å²) in [6, 6.07) is 33.9. The first kappa shape index (κ1) is 26.1. The average molecular weight is 580 g/mol. The molecule has 5 heteroatoms. The van der Waals surface area contributed by atoms with Crippen LogP contribution in [-0.2, 0) is 0 Å². The highest BCUT2D eigenvalue weighted by Gasteiger charge is 2.39. The van der Waals surface area contributed by atoms with Crippen molar-refractivity contribution in [3.63, 3.8) is 0 Å². The molecule has 6 aromatic carbocycles. The first-order valence-corrected chi connectivity index (χ1v) is 14.1. The zero-order valence-corrected chi connectivity index (χ0v) is 23.1. The van der Waals surface area contributed by atoms with Gasteiger partial charge in [0.15, 0.2) is 0 Å². The zero-order valence-electron chi connectivity index (χ0n) is 23.1. The van der Waals surface area contributed by atoms with E-state index in [1.807, 2.05) is 48.5 Å². The minimum absolute atomic E-state index is 0.0575. The van der Waals surface area contributed by atoms with Gasteiger partial charge in [-0.15, -0.1) is 0 Å². The third-order valence-electron chi connectivity index (χ3n) is 8.55. The summed E-state index contributed by atoms with van der Waals surface area (Å²) in [5, 5.41) is 9.93. The lowest BCUT2D eigenvalue weighted by Gasteiger charge is -2.13. The fraction of sp³-hybridized carbons (Fsp3) is 0. The molecule has 0 aliphatic heterocycles. The third-order valence-corrected chi connectivity index (χ3v) is 8.55. The number of benzene rings is 6. The summed E-state index contributed by atoms with van der Waals surface area (Å²) in [5.74, 6) is -1.88. The summed E-state index contributed by atoms with van der Waals surface area (Å²) in [6.07, 6.45) is 0. The molecule has 1 nitrogen and oxygen atoms in total. The lowest BCUT2D eigenvalue weighted by Crippen LogP contribution is -2.02. The molecule has 0 heterocycles. The van der Waals surface area contributed by atoms with Gasteiger partial charge in [-0.1, -0.05) is 84.9 Å². The normalized spacial score (nSPS) is 13.8. The van der Waals surface area contributed by atoms with Crippen LogP contribution >= 0.6 is 0 Å². The van der Waals surface area contributed by atoms with Gasteiger partial charge in [-0.2, -0.15) is 0 Å². The van der Waals surface area contributed by atoms with Gasteiger partial charge in [0.05, 0.1) is 11.1 Å². The van der Waals surface area contributed by atoms with Gasteiger partial charge in [0, 0.05) is 27.7 Å². The van der Waals surface area contributed by atoms with Gasteiger partial charge in [-0.05, 0) is 80.9 Å². The number of nitrogens with one attached hydrogen (secondary N) is 1. The van der Waals surface area contributed by atoms with E-state index in [-0.39, 0.29) is 17.0 Å². The van der Waals surface area contributed by atoms with E-state index in [2.05, 4.69) is 0 Å². The molecule has 0 saturated carbocycles. The molecular formula is C39H21F4N. The molecule has 0 amide bonds. The molecule has 0 saturated heterocycles. The summed E-state index contributed by atoms with van der Waals surface area (Å²) >= 11 is 0. The predicted octanol–water partition coefficient (Wildman–Crippen LogP) is 10.6. The van der Waals surface area contributed by atoms with Gasteiger partial charge in [0.25, 0.3) is 0 Å². The Bertz CT molecular complexity index is 2070. The molecule has 0 atom stereocenters. The van der Waals surface area contributed by atoms with Crippen LogP contribution in [0, 0.1) is 28.7 Å². The number of hydrogen-bond acceptors (Lipinski definition) is 1. The smallest absolute Gasteiger partial charge is 0.134 e. The third kappa shape index (κ3) is 3.89. The summed E-state index contributed by atoms with van der Waals surface area (Å²) in [7, 11) is 0. The molecule has 44 heavy (non-hydrogen) atoms. The van der Waals surface area contributed by atoms with E-state index in [9.17, 15) is 14.2 Å². The van der Waals surface area contributed by atoms with Gasteiger partial charge < -0.3 is 0 Å². The number of fused-ring (bicyclic) bond motifs is 3. The monoisotopic (exact) mass is 579 g/mol. The average Bonchev–Trinajstić information content (AvgIpc) is 3.51. The minimum atomic E-state index is -0.630. The zero-order chi connectivity index (χ0) is 30.1. The fourth-order valence-corrected chi connectivity index (χ4v) is 6.51. The number of rotatable bonds is 4. The maximum absolute atomic E-state index is 15.0. The van der Waals surface area contributed by atoms with Gasteiger partial charge in [-0.3, -0.25) is 5.41 Å². The Morgan fingerprint density at radius 1 is 0.318 bits per heavy atom. The summed E-state index contributed by atoms with van der Waals surface area (Å²) in [4.78, 5) is 0. The Labute approximate surface area is 250 Å². The lowest BCUT2D eigenvalue weighted by molar-refractivity contribution is 0.608. The van der Waals surface area contributed by atoms with Crippen LogP contribution in [0.5, 0.6) is 0 Å². The topological polar surface area (TPSA) is 23.9 Å². The Balaban J connectivity index is 1.31. The second-order valence-corrected chi connectivity index (χ2v) is 11.0. The van der Waals surface area contributed by atoms with Crippen molar-refractivity contribution >= 4 is 38.8 Å². The van der Waals surface area contributed by atoms with Crippen molar-refractivity contribution < 1.29 is 17.6 Å². The number of allylic oxidation sites excluding steroid dienone is 4. The van der Waals surface area contributed by atoms with Crippen LogP contribution in [0.3, 0.4) is 0 Å². The molecule has 0 unspecified atom stereocenters. The first-order valence-electron chi connectivity index (χ1n) is 14.1. The van der Waals surface area contributed by atoms with Crippen molar-refractivity contribution in [1.29, 1.82) is 5.41 Å². The Hall–Kier alpha value is -5.55. The summed E-state index contributed by atoms with van der Waals surface area (Å²) < 4.78 is 57.1. The van der Waals surface area contributed by atoms with E-state index in [4.69, 9.17) is 0 Å². The molecule has 0 bridgehead atoms. The van der Waals surface area contributed by atoms with Gasteiger partial charge in [0.1, 0.15) is 23.3 Å². The Kier molecular flexibility index (Phi) is 5.78. The highest BCUT2D eigenvalue weighted by molar-refractivity contribution is 6.62.